The van der Waals surface area contributed by atoms with E-state index in [-0.39, 0.29) is 0 Å². The summed E-state index contributed by atoms with van der Waals surface area (Å²) in [4.78, 5) is 10.9. The van der Waals surface area contributed by atoms with Crippen LogP contribution in [-0.4, -0.2) is 20.5 Å². The van der Waals surface area contributed by atoms with Crippen LogP contribution in [0.4, 0.5) is 0 Å². The van der Waals surface area contributed by atoms with Gasteiger partial charge in [0.15, 0.2) is 17.8 Å². The number of methoxy groups -OCH3 is 2. The molecule has 0 atom stereocenters. The molecule has 0 N–H and O–H groups in total. The number of hydrogen-bond donors (Lipinski definition) is 0. The fraction of sp³-hybridized carbons (Fsp3) is 0.250. The summed E-state index contributed by atoms with van der Waals surface area (Å²) in [7, 11) is 3.06. The first-order valence-electron chi connectivity index (χ1n) is 4.60. The van der Waals surface area contributed by atoms with E-state index >= 15 is 0 Å². The van der Waals surface area contributed by atoms with E-state index in [1.165, 1.54) is 7.11 Å². The number of rotatable bonds is 4. The molecule has 0 aromatic heterocycles. The second kappa shape index (κ2) is 5.20. The Balaban J connectivity index is 3.35. The third kappa shape index (κ3) is 2.37. The number of carbonyl (C=O) groups excluding carboxylic acids is 1. The second-order valence-electron chi connectivity index (χ2n) is 2.96. The summed E-state index contributed by atoms with van der Waals surface area (Å²) < 4.78 is 10.3. The summed E-state index contributed by atoms with van der Waals surface area (Å²) in [5, 5.41) is 0. The molecule has 0 aliphatic heterocycles. The Hall–Kier alpha value is -1.77. The molecule has 0 aliphatic carbocycles. The van der Waals surface area contributed by atoms with E-state index in [0.29, 0.717) is 17.1 Å². The van der Waals surface area contributed by atoms with Gasteiger partial charge in [-0.25, -0.2) is 0 Å². The summed E-state index contributed by atoms with van der Waals surface area (Å²) >= 11 is 0. The molecule has 0 amide bonds. The van der Waals surface area contributed by atoms with Crippen LogP contribution in [0.1, 0.15) is 22.8 Å². The second-order valence-corrected chi connectivity index (χ2v) is 2.96. The standard InChI is InChI=1S/C12H14O3/c1-4-5-9-6-10(8-13)12(15-3)11(7-9)14-2/h4-8H,1-3H3. The zero-order chi connectivity index (χ0) is 11.3. The van der Waals surface area contributed by atoms with Crippen LogP contribution < -0.4 is 9.47 Å². The average molecular weight is 206 g/mol. The van der Waals surface area contributed by atoms with Crippen LogP contribution >= 0.6 is 0 Å². The molecule has 0 unspecified atom stereocenters. The van der Waals surface area contributed by atoms with Crippen molar-refractivity contribution < 1.29 is 14.3 Å². The van der Waals surface area contributed by atoms with Gasteiger partial charge in [0.2, 0.25) is 0 Å². The number of ether oxygens (including phenoxy) is 2. The highest BCUT2D eigenvalue weighted by Gasteiger charge is 2.10. The largest absolute Gasteiger partial charge is 0.493 e. The van der Waals surface area contributed by atoms with Crippen LogP contribution in [0.5, 0.6) is 11.5 Å². The zero-order valence-corrected chi connectivity index (χ0v) is 9.11. The van der Waals surface area contributed by atoms with Gasteiger partial charge in [0.05, 0.1) is 19.8 Å². The number of aldehydes is 1. The molecule has 0 spiro atoms. The van der Waals surface area contributed by atoms with Crippen LogP contribution in [0, 0.1) is 0 Å². The summed E-state index contributed by atoms with van der Waals surface area (Å²) in [5.74, 6) is 1.04. The molecule has 0 aliphatic rings. The molecule has 1 rings (SSSR count). The van der Waals surface area contributed by atoms with Crippen molar-refractivity contribution in [3.05, 3.63) is 29.3 Å². The van der Waals surface area contributed by atoms with Crippen LogP contribution in [0.3, 0.4) is 0 Å². The minimum absolute atomic E-state index is 0.473. The topological polar surface area (TPSA) is 35.5 Å². The van der Waals surface area contributed by atoms with Crippen LogP contribution in [0.15, 0.2) is 18.2 Å². The van der Waals surface area contributed by atoms with Crippen molar-refractivity contribution in [1.82, 2.24) is 0 Å². The van der Waals surface area contributed by atoms with E-state index in [1.807, 2.05) is 25.1 Å². The van der Waals surface area contributed by atoms with Crippen molar-refractivity contribution in [1.29, 1.82) is 0 Å². The molecule has 0 heterocycles. The van der Waals surface area contributed by atoms with Crippen LogP contribution in [0.25, 0.3) is 6.08 Å². The van der Waals surface area contributed by atoms with Gasteiger partial charge in [-0.3, -0.25) is 4.79 Å². The van der Waals surface area contributed by atoms with Gasteiger partial charge in [0, 0.05) is 0 Å². The Bertz CT molecular complexity index is 381. The first-order chi connectivity index (χ1) is 7.26. The van der Waals surface area contributed by atoms with Gasteiger partial charge in [-0.05, 0) is 24.6 Å². The van der Waals surface area contributed by atoms with Crippen molar-refractivity contribution in [3.8, 4) is 11.5 Å². The van der Waals surface area contributed by atoms with Gasteiger partial charge in [0.25, 0.3) is 0 Å². The molecule has 15 heavy (non-hydrogen) atoms. The normalized spacial score (nSPS) is 10.3. The number of benzene rings is 1. The van der Waals surface area contributed by atoms with E-state index in [0.717, 1.165) is 11.8 Å². The van der Waals surface area contributed by atoms with Crippen molar-refractivity contribution in [2.24, 2.45) is 0 Å². The van der Waals surface area contributed by atoms with E-state index < -0.39 is 0 Å². The fourth-order valence-electron chi connectivity index (χ4n) is 1.39. The van der Waals surface area contributed by atoms with Gasteiger partial charge >= 0.3 is 0 Å². The SMILES string of the molecule is CC=Cc1cc(C=O)c(OC)c(OC)c1. The Morgan fingerprint density at radius 2 is 1.93 bits per heavy atom. The third-order valence-electron chi connectivity index (χ3n) is 2.02. The van der Waals surface area contributed by atoms with E-state index in [4.69, 9.17) is 9.47 Å². The van der Waals surface area contributed by atoms with Crippen molar-refractivity contribution in [3.63, 3.8) is 0 Å². The predicted octanol–water partition coefficient (Wildman–Crippen LogP) is 2.55. The highest BCUT2D eigenvalue weighted by Crippen LogP contribution is 2.31. The highest BCUT2D eigenvalue weighted by molar-refractivity contribution is 5.83. The van der Waals surface area contributed by atoms with Gasteiger partial charge in [0.1, 0.15) is 0 Å². The Morgan fingerprint density at radius 1 is 1.20 bits per heavy atom. The molecule has 0 saturated carbocycles. The van der Waals surface area contributed by atoms with E-state index in [9.17, 15) is 4.79 Å². The molecule has 0 bridgehead atoms. The van der Waals surface area contributed by atoms with Gasteiger partial charge in [-0.2, -0.15) is 0 Å². The van der Waals surface area contributed by atoms with Gasteiger partial charge in [-0.1, -0.05) is 12.2 Å². The molecular weight excluding hydrogens is 192 g/mol. The summed E-state index contributed by atoms with van der Waals surface area (Å²) in [5.41, 5.74) is 1.40. The number of allylic oxidation sites excluding steroid dienone is 1. The first kappa shape index (κ1) is 11.3. The number of carbonyl (C=O) groups is 1. The molecule has 0 radical (unpaired) electrons. The molecule has 1 aromatic rings. The first-order valence-corrected chi connectivity index (χ1v) is 4.60. The molecule has 80 valence electrons. The van der Waals surface area contributed by atoms with Crippen LogP contribution in [-0.2, 0) is 0 Å². The van der Waals surface area contributed by atoms with Crippen molar-refractivity contribution >= 4 is 12.4 Å². The molecule has 3 heteroatoms. The molecule has 0 fully saturated rings. The maximum atomic E-state index is 10.9. The average Bonchev–Trinajstić information content (AvgIpc) is 2.28. The Kier molecular flexibility index (Phi) is 3.92. The fourth-order valence-corrected chi connectivity index (χ4v) is 1.39. The molecule has 1 aromatic carbocycles. The Morgan fingerprint density at radius 3 is 2.40 bits per heavy atom. The lowest BCUT2D eigenvalue weighted by Gasteiger charge is -2.10. The minimum atomic E-state index is 0.473. The molecule has 0 saturated heterocycles. The van der Waals surface area contributed by atoms with E-state index in [1.54, 1.807) is 13.2 Å². The molecular formula is C12H14O3. The third-order valence-corrected chi connectivity index (χ3v) is 2.02. The maximum absolute atomic E-state index is 10.9. The summed E-state index contributed by atoms with van der Waals surface area (Å²) in [6.45, 7) is 1.91. The summed E-state index contributed by atoms with van der Waals surface area (Å²) in [6.07, 6.45) is 4.55. The quantitative estimate of drug-likeness (QED) is 0.710. The van der Waals surface area contributed by atoms with Crippen molar-refractivity contribution in [2.45, 2.75) is 6.92 Å². The summed E-state index contributed by atoms with van der Waals surface area (Å²) in [6, 6.07) is 3.58. The highest BCUT2D eigenvalue weighted by atomic mass is 16.5. The van der Waals surface area contributed by atoms with Gasteiger partial charge < -0.3 is 9.47 Å². The van der Waals surface area contributed by atoms with E-state index in [2.05, 4.69) is 0 Å². The monoisotopic (exact) mass is 206 g/mol. The number of hydrogen-bond acceptors (Lipinski definition) is 3. The van der Waals surface area contributed by atoms with Gasteiger partial charge in [-0.15, -0.1) is 0 Å². The lowest BCUT2D eigenvalue weighted by atomic mass is 10.1. The minimum Gasteiger partial charge on any atom is -0.493 e. The lowest BCUT2D eigenvalue weighted by molar-refractivity contribution is 0.112. The van der Waals surface area contributed by atoms with Crippen molar-refractivity contribution in [2.75, 3.05) is 14.2 Å². The molecule has 3 nitrogen and oxygen atoms in total. The zero-order valence-electron chi connectivity index (χ0n) is 9.11. The van der Waals surface area contributed by atoms with Crippen LogP contribution in [0.2, 0.25) is 0 Å². The Labute approximate surface area is 89.3 Å². The lowest BCUT2D eigenvalue weighted by Crippen LogP contribution is -1.96. The maximum Gasteiger partial charge on any atom is 0.171 e. The predicted molar refractivity (Wildman–Crippen MR) is 59.6 cm³/mol. The smallest absolute Gasteiger partial charge is 0.171 e.